The zero-order valence-electron chi connectivity index (χ0n) is 15.8. The average Bonchev–Trinajstić information content (AvgIpc) is 2.73. The second-order valence-electron chi connectivity index (χ2n) is 5.95. The van der Waals surface area contributed by atoms with E-state index in [2.05, 4.69) is 27.5 Å². The summed E-state index contributed by atoms with van der Waals surface area (Å²) in [6, 6.07) is 17.6. The molecule has 2 N–H and O–H groups in total. The van der Waals surface area contributed by atoms with Crippen LogP contribution in [0.25, 0.3) is 11.3 Å². The topological polar surface area (TPSA) is 68.3 Å². The Hall–Kier alpha value is -3.28. The third-order valence-corrected chi connectivity index (χ3v) is 4.01. The molecule has 0 radical (unpaired) electrons. The van der Waals surface area contributed by atoms with Gasteiger partial charge >= 0.3 is 0 Å². The van der Waals surface area contributed by atoms with Crippen LogP contribution in [0.3, 0.4) is 0 Å². The maximum absolute atomic E-state index is 5.46. The summed E-state index contributed by atoms with van der Waals surface area (Å²) in [5.74, 6) is 2.66. The molecular formula is C21H24N4O2. The fourth-order valence-electron chi connectivity index (χ4n) is 2.63. The number of aromatic nitrogens is 2. The third-order valence-electron chi connectivity index (χ3n) is 4.01. The van der Waals surface area contributed by atoms with Crippen LogP contribution in [0.4, 0.5) is 17.5 Å². The van der Waals surface area contributed by atoms with Crippen LogP contribution in [0.5, 0.6) is 11.5 Å². The van der Waals surface area contributed by atoms with Gasteiger partial charge in [-0.3, -0.25) is 0 Å². The number of rotatable bonds is 8. The number of nitrogens with one attached hydrogen (secondary N) is 2. The molecule has 0 spiro atoms. The first-order valence-electron chi connectivity index (χ1n) is 8.91. The molecule has 27 heavy (non-hydrogen) atoms. The Balaban J connectivity index is 1.97. The third kappa shape index (κ3) is 4.67. The minimum atomic E-state index is 0.499. The summed E-state index contributed by atoms with van der Waals surface area (Å²) < 4.78 is 10.7. The van der Waals surface area contributed by atoms with Crippen molar-refractivity contribution < 1.29 is 9.47 Å². The molecule has 6 nitrogen and oxygen atoms in total. The van der Waals surface area contributed by atoms with Crippen LogP contribution in [0.15, 0.2) is 54.6 Å². The van der Waals surface area contributed by atoms with E-state index >= 15 is 0 Å². The van der Waals surface area contributed by atoms with E-state index in [-0.39, 0.29) is 0 Å². The summed E-state index contributed by atoms with van der Waals surface area (Å²) in [5, 5.41) is 6.59. The van der Waals surface area contributed by atoms with Crippen LogP contribution in [0, 0.1) is 0 Å². The zero-order chi connectivity index (χ0) is 19.1. The zero-order valence-corrected chi connectivity index (χ0v) is 15.8. The van der Waals surface area contributed by atoms with Crippen molar-refractivity contribution >= 4 is 17.5 Å². The molecule has 0 bridgehead atoms. The molecule has 0 fully saturated rings. The maximum Gasteiger partial charge on any atom is 0.229 e. The van der Waals surface area contributed by atoms with Gasteiger partial charge in [-0.25, -0.2) is 4.98 Å². The predicted molar refractivity (Wildman–Crippen MR) is 109 cm³/mol. The van der Waals surface area contributed by atoms with Gasteiger partial charge in [0.05, 0.1) is 25.6 Å². The highest BCUT2D eigenvalue weighted by molar-refractivity contribution is 5.69. The highest BCUT2D eigenvalue weighted by atomic mass is 16.5. The van der Waals surface area contributed by atoms with Gasteiger partial charge < -0.3 is 20.1 Å². The average molecular weight is 364 g/mol. The van der Waals surface area contributed by atoms with Crippen molar-refractivity contribution in [3.8, 4) is 22.8 Å². The summed E-state index contributed by atoms with van der Waals surface area (Å²) in [6.45, 7) is 2.96. The van der Waals surface area contributed by atoms with E-state index in [4.69, 9.17) is 9.47 Å². The standard InChI is InChI=1S/C21H24N4O2/c1-4-12-22-20-14-18(15-8-6-5-7-9-15)24-21(25-20)23-17-11-10-16(26-2)13-19(17)27-3/h5-11,13-14H,4,12H2,1-3H3,(H2,22,23,24,25). The summed E-state index contributed by atoms with van der Waals surface area (Å²) in [6.07, 6.45) is 1.01. The van der Waals surface area contributed by atoms with Crippen molar-refractivity contribution in [2.45, 2.75) is 13.3 Å². The van der Waals surface area contributed by atoms with Crippen LogP contribution in [-0.2, 0) is 0 Å². The predicted octanol–water partition coefficient (Wildman–Crippen LogP) is 4.73. The van der Waals surface area contributed by atoms with E-state index in [0.29, 0.717) is 11.7 Å². The van der Waals surface area contributed by atoms with Gasteiger partial charge in [-0.05, 0) is 18.6 Å². The van der Waals surface area contributed by atoms with Crippen molar-refractivity contribution in [2.24, 2.45) is 0 Å². The Kier molecular flexibility index (Phi) is 6.10. The van der Waals surface area contributed by atoms with E-state index in [1.54, 1.807) is 14.2 Å². The number of methoxy groups -OCH3 is 2. The van der Waals surface area contributed by atoms with Gasteiger partial charge in [0.2, 0.25) is 5.95 Å². The van der Waals surface area contributed by atoms with Crippen LogP contribution in [0.2, 0.25) is 0 Å². The van der Waals surface area contributed by atoms with Gasteiger partial charge in [-0.2, -0.15) is 4.98 Å². The molecule has 3 rings (SSSR count). The van der Waals surface area contributed by atoms with E-state index < -0.39 is 0 Å². The summed E-state index contributed by atoms with van der Waals surface area (Å²) >= 11 is 0. The molecule has 0 unspecified atom stereocenters. The molecule has 0 aliphatic rings. The van der Waals surface area contributed by atoms with Gasteiger partial charge in [-0.1, -0.05) is 37.3 Å². The van der Waals surface area contributed by atoms with Crippen molar-refractivity contribution in [2.75, 3.05) is 31.4 Å². The Morgan fingerprint density at radius 1 is 0.926 bits per heavy atom. The van der Waals surface area contributed by atoms with Crippen molar-refractivity contribution in [3.05, 3.63) is 54.6 Å². The summed E-state index contributed by atoms with van der Waals surface area (Å²) in [4.78, 5) is 9.27. The van der Waals surface area contributed by atoms with Crippen molar-refractivity contribution in [3.63, 3.8) is 0 Å². The van der Waals surface area contributed by atoms with E-state index in [1.807, 2.05) is 54.6 Å². The Morgan fingerprint density at radius 3 is 2.44 bits per heavy atom. The highest BCUT2D eigenvalue weighted by Gasteiger charge is 2.10. The molecule has 140 valence electrons. The van der Waals surface area contributed by atoms with E-state index in [9.17, 15) is 0 Å². The SMILES string of the molecule is CCCNc1cc(-c2ccccc2)nc(Nc2ccc(OC)cc2OC)n1. The molecule has 3 aromatic rings. The molecule has 0 saturated carbocycles. The molecule has 0 saturated heterocycles. The summed E-state index contributed by atoms with van der Waals surface area (Å²) in [7, 11) is 3.25. The van der Waals surface area contributed by atoms with Gasteiger partial charge in [0.1, 0.15) is 17.3 Å². The molecule has 0 aliphatic heterocycles. The first-order chi connectivity index (χ1) is 13.2. The monoisotopic (exact) mass is 364 g/mol. The minimum absolute atomic E-state index is 0.499. The number of benzene rings is 2. The van der Waals surface area contributed by atoms with Gasteiger partial charge in [-0.15, -0.1) is 0 Å². The lowest BCUT2D eigenvalue weighted by molar-refractivity contribution is 0.395. The molecule has 1 aromatic heterocycles. The number of hydrogen-bond acceptors (Lipinski definition) is 6. The van der Waals surface area contributed by atoms with Crippen molar-refractivity contribution in [1.82, 2.24) is 9.97 Å². The van der Waals surface area contributed by atoms with Crippen LogP contribution >= 0.6 is 0 Å². The second kappa shape index (κ2) is 8.89. The Labute approximate surface area is 159 Å². The fourth-order valence-corrected chi connectivity index (χ4v) is 2.63. The lowest BCUT2D eigenvalue weighted by Gasteiger charge is -2.14. The number of nitrogens with zero attached hydrogens (tertiary/aromatic N) is 2. The Morgan fingerprint density at radius 2 is 1.74 bits per heavy atom. The molecule has 0 amide bonds. The first-order valence-corrected chi connectivity index (χ1v) is 8.91. The summed E-state index contributed by atoms with van der Waals surface area (Å²) in [5.41, 5.74) is 2.65. The Bertz CT molecular complexity index is 885. The lowest BCUT2D eigenvalue weighted by atomic mass is 10.1. The highest BCUT2D eigenvalue weighted by Crippen LogP contribution is 2.31. The maximum atomic E-state index is 5.46. The lowest BCUT2D eigenvalue weighted by Crippen LogP contribution is -2.06. The number of hydrogen-bond donors (Lipinski definition) is 2. The van der Waals surface area contributed by atoms with E-state index in [0.717, 1.165) is 41.5 Å². The number of ether oxygens (including phenoxy) is 2. The molecule has 2 aromatic carbocycles. The minimum Gasteiger partial charge on any atom is -0.497 e. The fraction of sp³-hybridized carbons (Fsp3) is 0.238. The molecular weight excluding hydrogens is 340 g/mol. The molecule has 6 heteroatoms. The van der Waals surface area contributed by atoms with Gasteiger partial charge in [0.15, 0.2) is 0 Å². The van der Waals surface area contributed by atoms with Crippen LogP contribution in [0.1, 0.15) is 13.3 Å². The van der Waals surface area contributed by atoms with E-state index in [1.165, 1.54) is 0 Å². The normalized spacial score (nSPS) is 10.3. The first kappa shape index (κ1) is 18.5. The number of anilines is 3. The van der Waals surface area contributed by atoms with Gasteiger partial charge in [0, 0.05) is 24.2 Å². The van der Waals surface area contributed by atoms with Gasteiger partial charge in [0.25, 0.3) is 0 Å². The largest absolute Gasteiger partial charge is 0.497 e. The van der Waals surface area contributed by atoms with Crippen molar-refractivity contribution in [1.29, 1.82) is 0 Å². The quantitative estimate of drug-likeness (QED) is 0.602. The second-order valence-corrected chi connectivity index (χ2v) is 5.95. The smallest absolute Gasteiger partial charge is 0.229 e. The van der Waals surface area contributed by atoms with Crippen LogP contribution < -0.4 is 20.1 Å². The molecule has 1 heterocycles. The molecule has 0 aliphatic carbocycles. The van der Waals surface area contributed by atoms with Crippen LogP contribution in [-0.4, -0.2) is 30.7 Å². The molecule has 0 atom stereocenters.